The van der Waals surface area contributed by atoms with Gasteiger partial charge in [0.15, 0.2) is 0 Å². The zero-order chi connectivity index (χ0) is 10.3. The molecule has 75 valence electrons. The van der Waals surface area contributed by atoms with Crippen molar-refractivity contribution in [3.63, 3.8) is 0 Å². The van der Waals surface area contributed by atoms with Crippen molar-refractivity contribution in [2.75, 3.05) is 0 Å². The molecule has 0 aliphatic rings. The molecule has 1 N–H and O–H groups in total. The lowest BCUT2D eigenvalue weighted by Crippen LogP contribution is -2.01. The molecule has 6 heteroatoms. The second-order valence-corrected chi connectivity index (χ2v) is 2.70. The molecule has 0 atom stereocenters. The molecule has 0 saturated heterocycles. The van der Waals surface area contributed by atoms with Gasteiger partial charge in [-0.3, -0.25) is 0 Å². The van der Waals surface area contributed by atoms with E-state index < -0.39 is 6.36 Å². The minimum absolute atomic E-state index is 0. The average Bonchev–Trinajstić information content (AvgIpc) is 2.03. The number of aliphatic hydroxyl groups is 1. The lowest BCUT2D eigenvalue weighted by molar-refractivity contribution is -0.295. The highest BCUT2D eigenvalue weighted by Crippen LogP contribution is 2.06. The predicted molar refractivity (Wildman–Crippen MR) is 54.5 cm³/mol. The van der Waals surface area contributed by atoms with Gasteiger partial charge >= 0.3 is 28.1 Å². The summed E-state index contributed by atoms with van der Waals surface area (Å²) in [4.78, 5) is 0. The Morgan fingerprint density at radius 3 is 1.71 bits per heavy atom. The van der Waals surface area contributed by atoms with E-state index in [9.17, 15) is 13.2 Å². The van der Waals surface area contributed by atoms with Crippen molar-refractivity contribution < 1.29 is 18.3 Å². The van der Waals surface area contributed by atoms with Crippen molar-refractivity contribution in [2.24, 2.45) is 0 Å². The molecule has 14 heavy (non-hydrogen) atoms. The molecule has 0 bridgehead atoms. The molecule has 0 spiro atoms. The number of halogens is 4. The monoisotopic (exact) mass is 281 g/mol. The van der Waals surface area contributed by atoms with Crippen LogP contribution in [-0.2, 0) is 4.55 Å². The third-order valence-electron chi connectivity index (χ3n) is 1.13. The highest BCUT2D eigenvalue weighted by Gasteiger charge is 2.22. The summed E-state index contributed by atoms with van der Waals surface area (Å²) in [7, 11) is 0. The lowest BCUT2D eigenvalue weighted by Gasteiger charge is -1.86. The van der Waals surface area contributed by atoms with Crippen molar-refractivity contribution >= 4 is 38.7 Å². The summed E-state index contributed by atoms with van der Waals surface area (Å²) in [6.07, 6.45) is -5.00. The maximum absolute atomic E-state index is 9.91. The smallest absolute Gasteiger partial charge is 0.308 e. The molecule has 7 radical (unpaired) electrons. The fraction of sp³-hybridized carbons (Fsp3) is 0.250. The lowest BCUT2D eigenvalue weighted by atomic mass is 10.2. The summed E-state index contributed by atoms with van der Waals surface area (Å²) in [6.45, 7) is 0. The van der Waals surface area contributed by atoms with Crippen LogP contribution >= 0.6 is 17.0 Å². The maximum atomic E-state index is 9.91. The first-order valence-electron chi connectivity index (χ1n) is 3.55. The normalized spacial score (nSPS) is 9.50. The van der Waals surface area contributed by atoms with Gasteiger partial charge < -0.3 is 5.11 Å². The third kappa shape index (κ3) is 14.7. The van der Waals surface area contributed by atoms with E-state index in [0.717, 1.165) is 0 Å². The summed E-state index contributed by atoms with van der Waals surface area (Å²) in [5.74, 6) is 0. The molecule has 1 nitrogen and oxygen atoms in total. The molecule has 0 aliphatic heterocycles. The van der Waals surface area contributed by atoms with E-state index in [0.29, 0.717) is 0 Å². The first-order chi connectivity index (χ1) is 5.93. The van der Waals surface area contributed by atoms with Crippen molar-refractivity contribution in [1.82, 2.24) is 0 Å². The average molecular weight is 282 g/mol. The van der Waals surface area contributed by atoms with Crippen molar-refractivity contribution in [3.05, 3.63) is 35.9 Å². The first-order valence-corrected chi connectivity index (χ1v) is 4.55. The van der Waals surface area contributed by atoms with Gasteiger partial charge in [0.2, 0.25) is 0 Å². The van der Waals surface area contributed by atoms with Crippen LogP contribution in [0.2, 0.25) is 0 Å². The number of rotatable bonds is 1. The Kier molecular flexibility index (Phi) is 10.1. The van der Waals surface area contributed by atoms with E-state index in [4.69, 9.17) is 5.11 Å². The van der Waals surface area contributed by atoms with Crippen molar-refractivity contribution in [3.8, 4) is 0 Å². The summed E-state index contributed by atoms with van der Waals surface area (Å²) in [5, 5.41) is 6.52. The second kappa shape index (κ2) is 8.52. The van der Waals surface area contributed by atoms with Gasteiger partial charge in [0.25, 0.3) is 4.55 Å². The third-order valence-corrected chi connectivity index (χ3v) is 1.71. The second-order valence-electron chi connectivity index (χ2n) is 2.20. The minimum atomic E-state index is -5.00. The summed E-state index contributed by atoms with van der Waals surface area (Å²) >= 11 is 1.98. The number of benzene rings is 1. The van der Waals surface area contributed by atoms with E-state index >= 15 is 0 Å². The summed E-state index contributed by atoms with van der Waals surface area (Å²) in [6, 6.07) is 10.5. The van der Waals surface area contributed by atoms with Crippen LogP contribution < -0.4 is 0 Å². The van der Waals surface area contributed by atoms with Gasteiger partial charge in [0.1, 0.15) is 0 Å². The Labute approximate surface area is 104 Å². The van der Waals surface area contributed by atoms with Gasteiger partial charge in [0.05, 0.1) is 0 Å². The van der Waals surface area contributed by atoms with Crippen molar-refractivity contribution in [2.45, 2.75) is 10.9 Å². The van der Waals surface area contributed by atoms with Gasteiger partial charge in [-0.15, -0.1) is 30.2 Å². The molecule has 0 fully saturated rings. The summed E-state index contributed by atoms with van der Waals surface area (Å²) < 4.78 is 30.9. The van der Waals surface area contributed by atoms with Crippen molar-refractivity contribution in [1.29, 1.82) is 0 Å². The molecule has 1 aromatic rings. The van der Waals surface area contributed by atoms with E-state index in [1.54, 1.807) is 0 Å². The Hall–Kier alpha value is 0.216. The zero-order valence-corrected chi connectivity index (χ0v) is 10.4. The molecule has 1 rings (SSSR count). The van der Waals surface area contributed by atoms with Gasteiger partial charge in [-0.25, -0.2) is 0 Å². The van der Waals surface area contributed by atoms with E-state index in [1.165, 1.54) is 10.1 Å². The van der Waals surface area contributed by atoms with Crippen LogP contribution in [-0.4, -0.2) is 33.2 Å². The molecule has 0 amide bonds. The largest absolute Gasteiger partial charge is 1.42 e. The van der Waals surface area contributed by atoms with Crippen LogP contribution in [0.4, 0.5) is 13.2 Å². The quantitative estimate of drug-likeness (QED) is 0.784. The van der Waals surface area contributed by atoms with E-state index in [1.807, 2.05) is 27.8 Å². The minimum Gasteiger partial charge on any atom is -0.308 e. The van der Waals surface area contributed by atoms with Gasteiger partial charge in [-0.1, -0.05) is 30.3 Å². The Morgan fingerprint density at radius 1 is 1.14 bits per heavy atom. The van der Waals surface area contributed by atoms with Gasteiger partial charge in [0, 0.05) is 5.56 Å². The fourth-order valence-corrected chi connectivity index (χ4v) is 0.978. The van der Waals surface area contributed by atoms with Crippen LogP contribution in [0, 0.1) is 0 Å². The number of hydrogen-bond acceptors (Lipinski definition) is 1. The standard InChI is InChI=1S/C7H7.CHF3O.BrH.Mg/c1-7-5-3-2-4-6-7;2-1(3,4)5;;/h2-6H,1H2;5H;1H;/q;;;+2. The van der Waals surface area contributed by atoms with Crippen LogP contribution in [0.25, 0.3) is 0 Å². The number of alkyl halides is 3. The van der Waals surface area contributed by atoms with Crippen LogP contribution in [0.1, 0.15) is 5.56 Å². The maximum Gasteiger partial charge on any atom is 1.42 e. The Morgan fingerprint density at radius 2 is 1.50 bits per heavy atom. The van der Waals surface area contributed by atoms with Crippen LogP contribution in [0.3, 0.4) is 0 Å². The molecule has 1 aromatic carbocycles. The van der Waals surface area contributed by atoms with Crippen LogP contribution in [0.5, 0.6) is 0 Å². The van der Waals surface area contributed by atoms with E-state index in [-0.39, 0.29) is 17.0 Å². The molecule has 0 unspecified atom stereocenters. The van der Waals surface area contributed by atoms with E-state index in [2.05, 4.69) is 24.3 Å². The zero-order valence-electron chi connectivity index (χ0n) is 7.29. The topological polar surface area (TPSA) is 20.2 Å². The molecular weight excluding hydrogens is 273 g/mol. The summed E-state index contributed by atoms with van der Waals surface area (Å²) in [5.41, 5.74) is 1.42. The highest BCUT2D eigenvalue weighted by molar-refractivity contribution is 8.93. The molecular formula is C8H9BrF3MgO+2. The predicted octanol–water partition coefficient (Wildman–Crippen LogP) is 2.43. The SMILES string of the molecule is Br.OC(F)(F)F.[Mg+2][CH2]c1ccccc1. The molecule has 0 aromatic heterocycles. The Bertz CT molecular complexity index is 222. The Balaban J connectivity index is 0. The molecule has 0 saturated carbocycles. The van der Waals surface area contributed by atoms with Gasteiger partial charge in [-0.2, -0.15) is 0 Å². The van der Waals surface area contributed by atoms with Gasteiger partial charge in [-0.05, 0) is 0 Å². The number of hydrogen-bond donors (Lipinski definition) is 1. The molecule has 0 aliphatic carbocycles. The van der Waals surface area contributed by atoms with Crippen LogP contribution in [0.15, 0.2) is 30.3 Å². The molecule has 0 heterocycles. The first kappa shape index (κ1) is 16.6. The fourth-order valence-electron chi connectivity index (χ4n) is 0.645. The highest BCUT2D eigenvalue weighted by atomic mass is 79.9.